The highest BCUT2D eigenvalue weighted by molar-refractivity contribution is 6.58. The highest BCUT2D eigenvalue weighted by atomic mass is 27.2. The molecule has 0 saturated carbocycles. The molecule has 1 aliphatic rings. The first-order chi connectivity index (χ1) is 7.28. The second kappa shape index (κ2) is 11.0. The van der Waals surface area contributed by atoms with E-state index in [2.05, 4.69) is 32.6 Å². The number of morpholine rings is 1. The van der Waals surface area contributed by atoms with Crippen molar-refractivity contribution in [1.29, 1.82) is 0 Å². The van der Waals surface area contributed by atoms with Gasteiger partial charge in [0.15, 0.2) is 0 Å². The van der Waals surface area contributed by atoms with Crippen molar-refractivity contribution < 1.29 is 4.74 Å². The molecule has 0 aromatic carbocycles. The number of hydrogen-bond donors (Lipinski definition) is 0. The summed E-state index contributed by atoms with van der Waals surface area (Å²) in [5.74, 6) is 0. The van der Waals surface area contributed by atoms with Gasteiger partial charge in [-0.2, -0.15) is 0 Å². The van der Waals surface area contributed by atoms with Crippen LogP contribution in [0.5, 0.6) is 0 Å². The van der Waals surface area contributed by atoms with Gasteiger partial charge in [-0.05, 0) is 6.54 Å². The average Bonchev–Trinajstić information content (AvgIpc) is 2.33. The summed E-state index contributed by atoms with van der Waals surface area (Å²) in [5, 5.41) is 4.48. The van der Waals surface area contributed by atoms with Crippen molar-refractivity contribution in [2.45, 2.75) is 43.5 Å². The maximum atomic E-state index is 5.16. The minimum absolute atomic E-state index is 0.171. The molecule has 1 fully saturated rings. The van der Waals surface area contributed by atoms with Gasteiger partial charge in [0.2, 0.25) is 0 Å². The zero-order chi connectivity index (χ0) is 11.5. The van der Waals surface area contributed by atoms with Crippen molar-refractivity contribution in [3.8, 4) is 0 Å². The third kappa shape index (κ3) is 8.28. The van der Waals surface area contributed by atoms with Crippen LogP contribution >= 0.6 is 0 Å². The molecule has 0 atom stereocenters. The van der Waals surface area contributed by atoms with Gasteiger partial charge in [0.05, 0.1) is 13.2 Å². The van der Waals surface area contributed by atoms with Gasteiger partial charge in [0.25, 0.3) is 14.1 Å². The fourth-order valence-corrected chi connectivity index (χ4v) is 3.52. The lowest BCUT2D eigenvalue weighted by atomic mass is 10.4. The predicted molar refractivity (Wildman–Crippen MR) is 70.1 cm³/mol. The molecule has 1 rings (SSSR count). The SMILES string of the molecule is CCN1CCOCC1.C[CH2][Al]([CH2]C)[CH2]C. The van der Waals surface area contributed by atoms with Crippen molar-refractivity contribution in [3.05, 3.63) is 0 Å². The van der Waals surface area contributed by atoms with Crippen LogP contribution in [0.4, 0.5) is 0 Å². The molecule has 2 nitrogen and oxygen atoms in total. The van der Waals surface area contributed by atoms with Gasteiger partial charge in [-0.1, -0.05) is 43.5 Å². The van der Waals surface area contributed by atoms with Crippen LogP contribution in [0.1, 0.15) is 27.7 Å². The van der Waals surface area contributed by atoms with Crippen molar-refractivity contribution in [2.24, 2.45) is 0 Å². The second-order valence-electron chi connectivity index (χ2n) is 4.14. The number of rotatable bonds is 4. The first-order valence-electron chi connectivity index (χ1n) is 6.58. The number of nitrogens with zero attached hydrogens (tertiary/aromatic N) is 1. The first-order valence-corrected chi connectivity index (χ1v) is 9.03. The first kappa shape index (κ1) is 15.5. The molecule has 90 valence electrons. The molecule has 1 heterocycles. The van der Waals surface area contributed by atoms with Crippen LogP contribution in [0, 0.1) is 0 Å². The van der Waals surface area contributed by atoms with E-state index in [4.69, 9.17) is 4.74 Å². The minimum Gasteiger partial charge on any atom is -0.379 e. The topological polar surface area (TPSA) is 12.5 Å². The summed E-state index contributed by atoms with van der Waals surface area (Å²) in [6, 6.07) is 0. The molecule has 0 unspecified atom stereocenters. The van der Waals surface area contributed by atoms with Crippen LogP contribution in [0.25, 0.3) is 0 Å². The summed E-state index contributed by atoms with van der Waals surface area (Å²) in [6.07, 6.45) is 0. The molecule has 0 N–H and O–H groups in total. The standard InChI is InChI=1S/C6H13NO.3C2H5.Al/c1-2-7-3-5-8-6-4-7;3*1-2;/h2-6H2,1H3;3*1H2,2H3;. The Hall–Kier alpha value is 0.452. The summed E-state index contributed by atoms with van der Waals surface area (Å²) in [5.41, 5.74) is 0. The van der Waals surface area contributed by atoms with Gasteiger partial charge in [-0.3, -0.25) is 4.90 Å². The van der Waals surface area contributed by atoms with E-state index in [1.54, 1.807) is 0 Å². The molecular weight excluding hydrogens is 201 g/mol. The molecule has 3 heteroatoms. The summed E-state index contributed by atoms with van der Waals surface area (Å²) in [6.45, 7) is 14.4. The fraction of sp³-hybridized carbons (Fsp3) is 1.00. The van der Waals surface area contributed by atoms with Crippen molar-refractivity contribution in [2.75, 3.05) is 32.8 Å². The van der Waals surface area contributed by atoms with Gasteiger partial charge in [-0.25, -0.2) is 0 Å². The Morgan fingerprint density at radius 1 is 0.933 bits per heavy atom. The van der Waals surface area contributed by atoms with E-state index in [0.717, 1.165) is 26.3 Å². The van der Waals surface area contributed by atoms with Crippen LogP contribution < -0.4 is 0 Å². The van der Waals surface area contributed by atoms with Crippen LogP contribution in [-0.4, -0.2) is 51.9 Å². The van der Waals surface area contributed by atoms with E-state index in [9.17, 15) is 0 Å². The third-order valence-electron chi connectivity index (χ3n) is 3.28. The van der Waals surface area contributed by atoms with Crippen molar-refractivity contribution >= 4 is 14.1 Å². The third-order valence-corrected chi connectivity index (χ3v) is 6.75. The molecule has 1 aliphatic heterocycles. The maximum Gasteiger partial charge on any atom is 0.261 e. The van der Waals surface area contributed by atoms with Gasteiger partial charge in [0.1, 0.15) is 0 Å². The lowest BCUT2D eigenvalue weighted by Crippen LogP contribution is -2.35. The maximum absolute atomic E-state index is 5.16. The summed E-state index contributed by atoms with van der Waals surface area (Å²) < 4.78 is 5.16. The normalized spacial score (nSPS) is 16.8. The summed E-state index contributed by atoms with van der Waals surface area (Å²) in [4.78, 5) is 2.39. The molecular formula is C12H28AlNO. The van der Waals surface area contributed by atoms with E-state index in [0.29, 0.717) is 0 Å². The molecule has 0 amide bonds. The lowest BCUT2D eigenvalue weighted by molar-refractivity contribution is 0.0405. The Morgan fingerprint density at radius 3 is 1.60 bits per heavy atom. The molecule has 1 saturated heterocycles. The van der Waals surface area contributed by atoms with E-state index >= 15 is 0 Å². The lowest BCUT2D eigenvalue weighted by Gasteiger charge is -2.24. The van der Waals surface area contributed by atoms with E-state index in [1.807, 2.05) is 0 Å². The van der Waals surface area contributed by atoms with Gasteiger partial charge >= 0.3 is 0 Å². The minimum atomic E-state index is -0.171. The van der Waals surface area contributed by atoms with E-state index in [1.165, 1.54) is 22.4 Å². The Balaban J connectivity index is 0.000000265. The molecule has 15 heavy (non-hydrogen) atoms. The van der Waals surface area contributed by atoms with Gasteiger partial charge in [-0.15, -0.1) is 0 Å². The van der Waals surface area contributed by atoms with Crippen LogP contribution in [-0.2, 0) is 4.74 Å². The van der Waals surface area contributed by atoms with Crippen molar-refractivity contribution in [1.82, 2.24) is 4.90 Å². The second-order valence-corrected chi connectivity index (χ2v) is 8.32. The predicted octanol–water partition coefficient (Wildman–Crippen LogP) is 2.88. The van der Waals surface area contributed by atoms with Crippen LogP contribution in [0.3, 0.4) is 0 Å². The Bertz CT molecular complexity index is 117. The van der Waals surface area contributed by atoms with Gasteiger partial charge in [0, 0.05) is 13.1 Å². The van der Waals surface area contributed by atoms with Gasteiger partial charge < -0.3 is 4.74 Å². The zero-order valence-electron chi connectivity index (χ0n) is 11.1. The van der Waals surface area contributed by atoms with Crippen molar-refractivity contribution in [3.63, 3.8) is 0 Å². The molecule has 0 aliphatic carbocycles. The zero-order valence-corrected chi connectivity index (χ0v) is 12.2. The highest BCUT2D eigenvalue weighted by Gasteiger charge is 2.06. The summed E-state index contributed by atoms with van der Waals surface area (Å²) >= 11 is -0.171. The molecule has 0 spiro atoms. The smallest absolute Gasteiger partial charge is 0.261 e. The molecule has 0 radical (unpaired) electrons. The Labute approximate surface area is 100 Å². The quantitative estimate of drug-likeness (QED) is 0.687. The summed E-state index contributed by atoms with van der Waals surface area (Å²) in [7, 11) is 0. The Morgan fingerprint density at radius 2 is 1.40 bits per heavy atom. The fourth-order valence-electron chi connectivity index (χ4n) is 1.78. The van der Waals surface area contributed by atoms with Crippen LogP contribution in [0.15, 0.2) is 0 Å². The largest absolute Gasteiger partial charge is 0.379 e. The van der Waals surface area contributed by atoms with E-state index < -0.39 is 0 Å². The van der Waals surface area contributed by atoms with E-state index in [-0.39, 0.29) is 14.1 Å². The Kier molecular flexibility index (Phi) is 11.3. The monoisotopic (exact) mass is 229 g/mol. The molecule has 0 aromatic rings. The number of ether oxygens (including phenoxy) is 1. The molecule has 0 bridgehead atoms. The highest BCUT2D eigenvalue weighted by Crippen LogP contribution is 2.01. The molecule has 0 aromatic heterocycles. The average molecular weight is 229 g/mol. The van der Waals surface area contributed by atoms with Crippen LogP contribution in [0.2, 0.25) is 15.8 Å². The number of likely N-dealkylation sites (N-methyl/N-ethyl adjacent to an activating group) is 1. The number of hydrogen-bond acceptors (Lipinski definition) is 2.